The van der Waals surface area contributed by atoms with Crippen molar-refractivity contribution in [1.29, 1.82) is 0 Å². The summed E-state index contributed by atoms with van der Waals surface area (Å²) in [7, 11) is 0. The van der Waals surface area contributed by atoms with Crippen molar-refractivity contribution < 1.29 is 0 Å². The second-order valence-corrected chi connectivity index (χ2v) is 6.90. The van der Waals surface area contributed by atoms with E-state index in [1.54, 1.807) is 12.8 Å². The summed E-state index contributed by atoms with van der Waals surface area (Å²) in [6.45, 7) is 9.61. The molecule has 0 aromatic rings. The van der Waals surface area contributed by atoms with Crippen molar-refractivity contribution in [1.82, 2.24) is 0 Å². The van der Waals surface area contributed by atoms with Gasteiger partial charge < -0.3 is 0 Å². The zero-order valence-corrected chi connectivity index (χ0v) is 10.6. The molecule has 0 spiro atoms. The van der Waals surface area contributed by atoms with Crippen molar-refractivity contribution in [3.8, 4) is 0 Å². The van der Waals surface area contributed by atoms with Crippen LogP contribution >= 0.6 is 0 Å². The summed E-state index contributed by atoms with van der Waals surface area (Å²) in [6, 6.07) is 0. The maximum absolute atomic E-state index is 2.59. The molecule has 0 radical (unpaired) electrons. The van der Waals surface area contributed by atoms with Crippen LogP contribution in [-0.2, 0) is 0 Å². The van der Waals surface area contributed by atoms with Crippen LogP contribution in [0.25, 0.3) is 0 Å². The average Bonchev–Trinajstić information content (AvgIpc) is 2.53. The summed E-state index contributed by atoms with van der Waals surface area (Å²) < 4.78 is 0. The fourth-order valence-corrected chi connectivity index (χ4v) is 5.17. The average molecular weight is 204 g/mol. The van der Waals surface area contributed by atoms with Gasteiger partial charge in [0.25, 0.3) is 0 Å². The van der Waals surface area contributed by atoms with Gasteiger partial charge in [-0.05, 0) is 68.1 Å². The molecule has 0 N–H and O–H groups in total. The third-order valence-corrected chi connectivity index (χ3v) is 6.34. The standard InChI is InChI=1S/C15H24/c1-10(2)6-5-7-14(3)11-8-12-13(9-11)15(12,14)4/h6,11-13H,5,7-9H2,1-4H3/t11?,12-,13-,14-,15?/m1/s1. The van der Waals surface area contributed by atoms with Gasteiger partial charge in [0.15, 0.2) is 0 Å². The zero-order chi connectivity index (χ0) is 10.8. The first-order chi connectivity index (χ1) is 7.00. The maximum atomic E-state index is 2.59. The summed E-state index contributed by atoms with van der Waals surface area (Å²) >= 11 is 0. The highest BCUT2D eigenvalue weighted by atomic mass is 14.8. The Hall–Kier alpha value is -0.260. The van der Waals surface area contributed by atoms with Gasteiger partial charge in [0, 0.05) is 0 Å². The SMILES string of the molecule is CC(C)=CCC[C@]1(C)C2C[C@@H]3[C@@H](C2)C31C. The first kappa shape index (κ1) is 9.93. The Kier molecular flexibility index (Phi) is 1.79. The van der Waals surface area contributed by atoms with Gasteiger partial charge in [-0.1, -0.05) is 25.5 Å². The Morgan fingerprint density at radius 1 is 1.20 bits per heavy atom. The van der Waals surface area contributed by atoms with Crippen molar-refractivity contribution in [2.45, 2.75) is 53.4 Å². The molecular weight excluding hydrogens is 180 g/mol. The molecule has 4 saturated carbocycles. The van der Waals surface area contributed by atoms with E-state index in [2.05, 4.69) is 33.8 Å². The predicted octanol–water partition coefficient (Wildman–Crippen LogP) is 4.42. The molecule has 4 aliphatic rings. The molecule has 0 heteroatoms. The molecule has 0 aromatic heterocycles. The van der Waals surface area contributed by atoms with E-state index in [0.717, 1.165) is 23.2 Å². The van der Waals surface area contributed by atoms with Crippen molar-refractivity contribution in [3.05, 3.63) is 11.6 Å². The Morgan fingerprint density at radius 3 is 2.20 bits per heavy atom. The number of allylic oxidation sites excluding steroid dienone is 2. The van der Waals surface area contributed by atoms with E-state index in [-0.39, 0.29) is 0 Å². The normalized spacial score (nSPS) is 54.5. The quantitative estimate of drug-likeness (QED) is 0.597. The van der Waals surface area contributed by atoms with Crippen LogP contribution in [0.1, 0.15) is 53.4 Å². The minimum Gasteiger partial charge on any atom is -0.0859 e. The fourth-order valence-electron chi connectivity index (χ4n) is 5.17. The monoisotopic (exact) mass is 204 g/mol. The van der Waals surface area contributed by atoms with Crippen molar-refractivity contribution >= 4 is 0 Å². The predicted molar refractivity (Wildman–Crippen MR) is 64.6 cm³/mol. The molecule has 3 atom stereocenters. The smallest absolute Gasteiger partial charge is 0.0207 e. The maximum Gasteiger partial charge on any atom is -0.0207 e. The summed E-state index contributed by atoms with van der Waals surface area (Å²) in [5, 5.41) is 0. The van der Waals surface area contributed by atoms with Gasteiger partial charge in [0.05, 0.1) is 0 Å². The van der Waals surface area contributed by atoms with Gasteiger partial charge >= 0.3 is 0 Å². The number of hydrogen-bond donors (Lipinski definition) is 0. The molecule has 84 valence electrons. The van der Waals surface area contributed by atoms with Crippen LogP contribution in [0.2, 0.25) is 0 Å². The van der Waals surface area contributed by atoms with Gasteiger partial charge in [-0.15, -0.1) is 0 Å². The van der Waals surface area contributed by atoms with E-state index in [1.807, 2.05) is 0 Å². The van der Waals surface area contributed by atoms with Crippen LogP contribution in [0, 0.1) is 28.6 Å². The molecule has 0 aliphatic heterocycles. The molecule has 0 unspecified atom stereocenters. The number of hydrogen-bond acceptors (Lipinski definition) is 0. The minimum absolute atomic E-state index is 0.689. The lowest BCUT2D eigenvalue weighted by molar-refractivity contribution is 0.155. The fraction of sp³-hybridized carbons (Fsp3) is 0.867. The van der Waals surface area contributed by atoms with Crippen LogP contribution in [0.5, 0.6) is 0 Å². The molecule has 4 aliphatic carbocycles. The first-order valence-electron chi connectivity index (χ1n) is 6.63. The van der Waals surface area contributed by atoms with Crippen LogP contribution in [-0.4, -0.2) is 0 Å². The van der Waals surface area contributed by atoms with E-state index in [0.29, 0.717) is 5.41 Å². The molecule has 4 rings (SSSR count). The van der Waals surface area contributed by atoms with Crippen LogP contribution in [0.15, 0.2) is 11.6 Å². The molecule has 0 saturated heterocycles. The third kappa shape index (κ3) is 0.990. The molecule has 4 bridgehead atoms. The Balaban J connectivity index is 1.73. The minimum atomic E-state index is 0.689. The summed E-state index contributed by atoms with van der Waals surface area (Å²) in [4.78, 5) is 0. The lowest BCUT2D eigenvalue weighted by Gasteiger charge is -2.34. The Labute approximate surface area is 94.1 Å². The molecule has 0 amide bonds. The van der Waals surface area contributed by atoms with Gasteiger partial charge in [0.1, 0.15) is 0 Å². The van der Waals surface area contributed by atoms with Crippen LogP contribution < -0.4 is 0 Å². The summed E-state index contributed by atoms with van der Waals surface area (Å²) in [5.41, 5.74) is 2.93. The third-order valence-electron chi connectivity index (χ3n) is 6.34. The highest BCUT2D eigenvalue weighted by Crippen LogP contribution is 2.86. The van der Waals surface area contributed by atoms with Gasteiger partial charge in [0.2, 0.25) is 0 Å². The summed E-state index contributed by atoms with van der Waals surface area (Å²) in [6.07, 6.45) is 8.30. The van der Waals surface area contributed by atoms with Gasteiger partial charge in [-0.25, -0.2) is 0 Å². The van der Waals surface area contributed by atoms with E-state index in [1.165, 1.54) is 18.4 Å². The molecule has 0 heterocycles. The topological polar surface area (TPSA) is 0 Å². The van der Waals surface area contributed by atoms with Crippen molar-refractivity contribution in [3.63, 3.8) is 0 Å². The van der Waals surface area contributed by atoms with Crippen molar-refractivity contribution in [2.75, 3.05) is 0 Å². The number of rotatable bonds is 3. The molecule has 15 heavy (non-hydrogen) atoms. The Morgan fingerprint density at radius 2 is 1.80 bits per heavy atom. The highest BCUT2D eigenvalue weighted by Gasteiger charge is 2.80. The Bertz CT molecular complexity index is 309. The second-order valence-electron chi connectivity index (χ2n) is 6.90. The van der Waals surface area contributed by atoms with E-state index in [9.17, 15) is 0 Å². The lowest BCUT2D eigenvalue weighted by Crippen LogP contribution is -2.26. The molecule has 4 fully saturated rings. The molecule has 0 nitrogen and oxygen atoms in total. The molecule has 0 aromatic carbocycles. The zero-order valence-electron chi connectivity index (χ0n) is 10.6. The first-order valence-corrected chi connectivity index (χ1v) is 6.63. The van der Waals surface area contributed by atoms with Crippen molar-refractivity contribution in [2.24, 2.45) is 28.6 Å². The highest BCUT2D eigenvalue weighted by molar-refractivity contribution is 5.28. The van der Waals surface area contributed by atoms with Crippen LogP contribution in [0.3, 0.4) is 0 Å². The van der Waals surface area contributed by atoms with Gasteiger partial charge in [-0.3, -0.25) is 0 Å². The van der Waals surface area contributed by atoms with E-state index in [4.69, 9.17) is 0 Å². The summed E-state index contributed by atoms with van der Waals surface area (Å²) in [5.74, 6) is 3.32. The van der Waals surface area contributed by atoms with E-state index >= 15 is 0 Å². The van der Waals surface area contributed by atoms with Gasteiger partial charge in [-0.2, -0.15) is 0 Å². The second kappa shape index (κ2) is 2.70. The largest absolute Gasteiger partial charge is 0.0859 e. The molecular formula is C15H24. The van der Waals surface area contributed by atoms with Crippen LogP contribution in [0.4, 0.5) is 0 Å². The van der Waals surface area contributed by atoms with E-state index < -0.39 is 0 Å². The lowest BCUT2D eigenvalue weighted by atomic mass is 9.71.